The molecule has 2 amide bonds. The van der Waals surface area contributed by atoms with E-state index in [1.165, 1.54) is 12.0 Å². The number of thiophene rings is 1. The lowest BCUT2D eigenvalue weighted by Crippen LogP contribution is -2.98. The van der Waals surface area contributed by atoms with Gasteiger partial charge in [0.05, 0.1) is 12.0 Å². The number of nitrogens with zero attached hydrogens (tertiary/aromatic N) is 1. The van der Waals surface area contributed by atoms with Crippen molar-refractivity contribution in [1.82, 2.24) is 4.90 Å². The van der Waals surface area contributed by atoms with Crippen LogP contribution >= 0.6 is 11.3 Å². The van der Waals surface area contributed by atoms with E-state index in [0.29, 0.717) is 13.0 Å². The van der Waals surface area contributed by atoms with Gasteiger partial charge in [0.2, 0.25) is 17.4 Å². The largest absolute Gasteiger partial charge is 0.464 e. The van der Waals surface area contributed by atoms with E-state index in [9.17, 15) is 14.4 Å². The minimum absolute atomic E-state index is 0.170. The van der Waals surface area contributed by atoms with Crippen molar-refractivity contribution in [1.29, 1.82) is 0 Å². The Morgan fingerprint density at radius 2 is 2.13 bits per heavy atom. The second kappa shape index (κ2) is 5.72. The van der Waals surface area contributed by atoms with Crippen molar-refractivity contribution in [2.24, 2.45) is 11.8 Å². The van der Waals surface area contributed by atoms with E-state index < -0.39 is 23.3 Å². The number of imide groups is 1. The number of ether oxygens (including phenoxy) is 1. The third kappa shape index (κ3) is 2.06. The first kappa shape index (κ1) is 16.1. The molecule has 2 fully saturated rings. The van der Waals surface area contributed by atoms with Crippen molar-refractivity contribution in [2.75, 3.05) is 13.7 Å². The van der Waals surface area contributed by atoms with Crippen LogP contribution < -0.4 is 5.32 Å². The lowest BCUT2D eigenvalue weighted by atomic mass is 9.78. The number of fused-ring (bicyclic) bond motifs is 1. The van der Waals surface area contributed by atoms with Gasteiger partial charge in [-0.15, -0.1) is 11.3 Å². The number of methoxy groups -OCH3 is 1. The summed E-state index contributed by atoms with van der Waals surface area (Å²) in [7, 11) is 1.33. The molecule has 0 saturated carbocycles. The molecule has 2 aliphatic rings. The molecule has 0 aromatic carbocycles. The van der Waals surface area contributed by atoms with Crippen LogP contribution in [0.2, 0.25) is 0 Å². The molecule has 1 aromatic heterocycles. The van der Waals surface area contributed by atoms with Gasteiger partial charge in [0, 0.05) is 13.0 Å². The number of amides is 2. The van der Waals surface area contributed by atoms with Gasteiger partial charge in [0.1, 0.15) is 17.9 Å². The van der Waals surface area contributed by atoms with Crippen molar-refractivity contribution in [2.45, 2.75) is 31.8 Å². The smallest absolute Gasteiger partial charge is 0.368 e. The Labute approximate surface area is 138 Å². The molecule has 0 radical (unpaired) electrons. The highest BCUT2D eigenvalue weighted by atomic mass is 32.1. The Hall–Kier alpha value is -1.73. The van der Waals surface area contributed by atoms with Gasteiger partial charge in [0.25, 0.3) is 0 Å². The summed E-state index contributed by atoms with van der Waals surface area (Å²) >= 11 is 1.55. The molecule has 2 N–H and O–H groups in total. The number of nitrogens with two attached hydrogens (primary N) is 1. The molecule has 23 heavy (non-hydrogen) atoms. The van der Waals surface area contributed by atoms with E-state index in [4.69, 9.17) is 4.74 Å². The van der Waals surface area contributed by atoms with Crippen LogP contribution in [0.4, 0.5) is 0 Å². The maximum absolute atomic E-state index is 12.8. The van der Waals surface area contributed by atoms with Crippen molar-refractivity contribution in [3.05, 3.63) is 22.4 Å². The lowest BCUT2D eigenvalue weighted by molar-refractivity contribution is -0.734. The normalized spacial score (nSPS) is 33.2. The van der Waals surface area contributed by atoms with Gasteiger partial charge in [0.15, 0.2) is 0 Å². The van der Waals surface area contributed by atoms with E-state index in [1.54, 1.807) is 18.3 Å². The first-order valence-corrected chi connectivity index (χ1v) is 8.72. The molecule has 0 unspecified atom stereocenters. The average Bonchev–Trinajstić information content (AvgIpc) is 3.24. The summed E-state index contributed by atoms with van der Waals surface area (Å²) < 4.78 is 5.01. The van der Waals surface area contributed by atoms with Crippen LogP contribution in [-0.4, -0.2) is 41.9 Å². The Morgan fingerprint density at radius 3 is 2.65 bits per heavy atom. The molecule has 7 heteroatoms. The maximum Gasteiger partial charge on any atom is 0.368 e. The van der Waals surface area contributed by atoms with Crippen LogP contribution in [0, 0.1) is 11.8 Å². The highest BCUT2D eigenvalue weighted by Gasteiger charge is 2.71. The maximum atomic E-state index is 12.8. The van der Waals surface area contributed by atoms with E-state index in [2.05, 4.69) is 0 Å². The van der Waals surface area contributed by atoms with Crippen molar-refractivity contribution in [3.8, 4) is 0 Å². The molecular weight excluding hydrogens is 316 g/mol. The van der Waals surface area contributed by atoms with Crippen molar-refractivity contribution in [3.63, 3.8) is 0 Å². The van der Waals surface area contributed by atoms with Gasteiger partial charge in [-0.25, -0.2) is 4.79 Å². The monoisotopic (exact) mass is 337 g/mol. The molecule has 2 aliphatic heterocycles. The number of carbonyl (C=O) groups excluding carboxylic acids is 3. The molecule has 0 spiro atoms. The predicted octanol–water partition coefficient (Wildman–Crippen LogP) is 0.309. The quantitative estimate of drug-likeness (QED) is 0.633. The SMILES string of the molecule is CCN1C(=O)[C@@H]2[C@H](c3cccs3)[NH2+][C@@](CC)(C(=O)OC)[C@H]2C1=O. The minimum atomic E-state index is -1.02. The van der Waals surface area contributed by atoms with Gasteiger partial charge < -0.3 is 10.1 Å². The Kier molecular flexibility index (Phi) is 4.01. The number of likely N-dealkylation sites (tertiary alicyclic amines) is 1. The standard InChI is InChI=1S/C16H20N2O4S/c1-4-16(15(21)22-3)11-10(13(19)18(5-2)14(11)20)12(17-16)9-7-6-8-23-9/h6-8,10-12,17H,4-5H2,1-3H3/p+1/t10-,11+,12-,16+/m0/s1. The third-order valence-corrected chi connectivity index (χ3v) is 6.17. The van der Waals surface area contributed by atoms with Gasteiger partial charge in [-0.3, -0.25) is 14.5 Å². The van der Waals surface area contributed by atoms with Crippen LogP contribution in [0.15, 0.2) is 17.5 Å². The van der Waals surface area contributed by atoms with E-state index in [0.717, 1.165) is 4.88 Å². The summed E-state index contributed by atoms with van der Waals surface area (Å²) in [6.45, 7) is 3.99. The molecule has 0 bridgehead atoms. The van der Waals surface area contributed by atoms with Crippen LogP contribution in [0.25, 0.3) is 0 Å². The fraction of sp³-hybridized carbons (Fsp3) is 0.562. The Balaban J connectivity index is 2.13. The third-order valence-electron chi connectivity index (χ3n) is 5.20. The zero-order valence-corrected chi connectivity index (χ0v) is 14.3. The number of hydrogen-bond acceptors (Lipinski definition) is 5. The summed E-state index contributed by atoms with van der Waals surface area (Å²) in [5.74, 6) is -1.99. The van der Waals surface area contributed by atoms with Crippen LogP contribution in [0.5, 0.6) is 0 Å². The molecule has 1 aromatic rings. The lowest BCUT2D eigenvalue weighted by Gasteiger charge is -2.27. The highest BCUT2D eigenvalue weighted by molar-refractivity contribution is 7.10. The van der Waals surface area contributed by atoms with E-state index >= 15 is 0 Å². The molecular formula is C16H21N2O4S+. The number of rotatable bonds is 4. The van der Waals surface area contributed by atoms with E-state index in [-0.39, 0.29) is 17.9 Å². The molecule has 0 aliphatic carbocycles. The number of esters is 1. The summed E-state index contributed by atoms with van der Waals surface area (Å²) in [5, 5.41) is 3.84. The molecule has 2 saturated heterocycles. The first-order valence-electron chi connectivity index (χ1n) is 7.84. The van der Waals surface area contributed by atoms with Crippen molar-refractivity contribution < 1.29 is 24.4 Å². The van der Waals surface area contributed by atoms with Crippen LogP contribution in [-0.2, 0) is 19.1 Å². The second-order valence-electron chi connectivity index (χ2n) is 6.02. The summed E-state index contributed by atoms with van der Waals surface area (Å²) in [6, 6.07) is 3.66. The number of quaternary nitrogens is 1. The molecule has 3 heterocycles. The zero-order valence-electron chi connectivity index (χ0n) is 13.4. The average molecular weight is 337 g/mol. The van der Waals surface area contributed by atoms with Crippen LogP contribution in [0.3, 0.4) is 0 Å². The minimum Gasteiger partial charge on any atom is -0.464 e. The molecule has 3 rings (SSSR count). The first-order chi connectivity index (χ1) is 11.0. The zero-order chi connectivity index (χ0) is 16.8. The van der Waals surface area contributed by atoms with E-state index in [1.807, 2.05) is 29.8 Å². The molecule has 4 atom stereocenters. The predicted molar refractivity (Wildman–Crippen MR) is 83.4 cm³/mol. The summed E-state index contributed by atoms with van der Waals surface area (Å²) in [4.78, 5) is 40.4. The highest BCUT2D eigenvalue weighted by Crippen LogP contribution is 2.46. The second-order valence-corrected chi connectivity index (χ2v) is 7.00. The fourth-order valence-corrected chi connectivity index (χ4v) is 4.94. The van der Waals surface area contributed by atoms with Crippen LogP contribution in [0.1, 0.15) is 31.2 Å². The van der Waals surface area contributed by atoms with Gasteiger partial charge >= 0.3 is 5.97 Å². The topological polar surface area (TPSA) is 80.3 Å². The van der Waals surface area contributed by atoms with Gasteiger partial charge in [-0.2, -0.15) is 0 Å². The Morgan fingerprint density at radius 1 is 1.39 bits per heavy atom. The molecule has 124 valence electrons. The number of carbonyl (C=O) groups is 3. The molecule has 6 nitrogen and oxygen atoms in total. The number of hydrogen-bond donors (Lipinski definition) is 1. The summed E-state index contributed by atoms with van der Waals surface area (Å²) in [5.41, 5.74) is -1.02. The Bertz CT molecular complexity index is 645. The van der Waals surface area contributed by atoms with Crippen molar-refractivity contribution >= 4 is 29.1 Å². The van der Waals surface area contributed by atoms with Gasteiger partial charge in [-0.05, 0) is 18.4 Å². The van der Waals surface area contributed by atoms with Gasteiger partial charge in [-0.1, -0.05) is 13.0 Å². The fourth-order valence-electron chi connectivity index (χ4n) is 4.10. The summed E-state index contributed by atoms with van der Waals surface area (Å²) in [6.07, 6.45) is 0.444.